The van der Waals surface area contributed by atoms with E-state index in [9.17, 15) is 18.3 Å². The fourth-order valence-electron chi connectivity index (χ4n) is 5.02. The van der Waals surface area contributed by atoms with E-state index in [1.54, 1.807) is 10.4 Å². The van der Waals surface area contributed by atoms with Crippen molar-refractivity contribution in [3.05, 3.63) is 101 Å². The Kier molecular flexibility index (Phi) is 6.86. The quantitative estimate of drug-likeness (QED) is 0.254. The normalized spacial score (nSPS) is 15.5. The molecule has 1 aliphatic rings. The Bertz CT molecular complexity index is 1570. The summed E-state index contributed by atoms with van der Waals surface area (Å²) in [6.07, 6.45) is 6.95. The van der Waals surface area contributed by atoms with Crippen LogP contribution in [0.2, 0.25) is 0 Å². The maximum Gasteiger partial charge on any atom is 0.330 e. The van der Waals surface area contributed by atoms with Gasteiger partial charge in [-0.1, -0.05) is 36.4 Å². The predicted octanol–water partition coefficient (Wildman–Crippen LogP) is 4.98. The second-order valence-electron chi connectivity index (χ2n) is 9.09. The summed E-state index contributed by atoms with van der Waals surface area (Å²) in [5, 5.41) is 10.8. The molecule has 1 heterocycles. The first-order chi connectivity index (χ1) is 17.9. The van der Waals surface area contributed by atoms with Crippen LogP contribution in [0, 0.1) is 0 Å². The number of rotatable bonds is 8. The Morgan fingerprint density at radius 3 is 2.70 bits per heavy atom. The molecule has 0 bridgehead atoms. The average Bonchev–Trinajstić information content (AvgIpc) is 3.51. The number of phenols is 1. The second kappa shape index (κ2) is 10.2. The number of hydrogen-bond acceptors (Lipinski definition) is 5. The molecule has 190 valence electrons. The summed E-state index contributed by atoms with van der Waals surface area (Å²) < 4.78 is 34.1. The smallest absolute Gasteiger partial charge is 0.330 e. The Balaban J connectivity index is 1.49. The van der Waals surface area contributed by atoms with E-state index in [-0.39, 0.29) is 16.7 Å². The van der Waals surface area contributed by atoms with E-state index in [1.807, 2.05) is 48.7 Å². The lowest BCUT2D eigenvalue weighted by Crippen LogP contribution is -2.35. The van der Waals surface area contributed by atoms with E-state index in [2.05, 4.69) is 9.72 Å². The largest absolute Gasteiger partial charge is 0.508 e. The number of methoxy groups -OCH3 is 1. The number of para-hydroxylation sites is 1. The number of sulfonamides is 1. The molecule has 1 atom stereocenters. The van der Waals surface area contributed by atoms with Gasteiger partial charge < -0.3 is 14.8 Å². The third-order valence-electron chi connectivity index (χ3n) is 6.89. The van der Waals surface area contributed by atoms with Gasteiger partial charge in [-0.2, -0.15) is 4.31 Å². The van der Waals surface area contributed by atoms with E-state index < -0.39 is 16.0 Å². The Morgan fingerprint density at radius 2 is 1.92 bits per heavy atom. The summed E-state index contributed by atoms with van der Waals surface area (Å²) in [5.41, 5.74) is 4.97. The summed E-state index contributed by atoms with van der Waals surface area (Å²) >= 11 is 0. The molecule has 0 spiro atoms. The van der Waals surface area contributed by atoms with E-state index in [0.29, 0.717) is 19.4 Å². The summed E-state index contributed by atoms with van der Waals surface area (Å²) in [5.74, 6) is -0.412. The number of carbonyl (C=O) groups excluding carboxylic acids is 1. The van der Waals surface area contributed by atoms with E-state index in [4.69, 9.17) is 0 Å². The molecule has 0 fully saturated rings. The van der Waals surface area contributed by atoms with Crippen molar-refractivity contribution in [3.8, 4) is 5.75 Å². The highest BCUT2D eigenvalue weighted by Crippen LogP contribution is 2.39. The van der Waals surface area contributed by atoms with Gasteiger partial charge in [-0.15, -0.1) is 0 Å². The van der Waals surface area contributed by atoms with Crippen molar-refractivity contribution in [2.75, 3.05) is 13.7 Å². The number of phenolic OH excluding ortho intramolecular Hbond substituents is 1. The van der Waals surface area contributed by atoms with Gasteiger partial charge in [0, 0.05) is 29.7 Å². The molecule has 1 aromatic heterocycles. The van der Waals surface area contributed by atoms with Crippen molar-refractivity contribution < 1.29 is 23.1 Å². The molecule has 37 heavy (non-hydrogen) atoms. The lowest BCUT2D eigenvalue weighted by Gasteiger charge is -2.29. The SMILES string of the molecule is COC(=O)C=Cc1ccc2c(c1)CCC2N(CCc1c[nH]c2ccccc12)S(=O)(=O)c1ccc(O)cc1. The van der Waals surface area contributed by atoms with Crippen LogP contribution in [0.15, 0.2) is 83.9 Å². The van der Waals surface area contributed by atoms with Crippen LogP contribution in [-0.4, -0.2) is 42.4 Å². The number of benzene rings is 3. The lowest BCUT2D eigenvalue weighted by molar-refractivity contribution is -0.134. The fourth-order valence-corrected chi connectivity index (χ4v) is 6.65. The summed E-state index contributed by atoms with van der Waals surface area (Å²) in [4.78, 5) is 14.9. The number of esters is 1. The molecule has 0 saturated heterocycles. The molecule has 4 aromatic rings. The van der Waals surface area contributed by atoms with Gasteiger partial charge in [0.2, 0.25) is 10.0 Å². The number of nitrogens with one attached hydrogen (secondary N) is 1. The number of fused-ring (bicyclic) bond motifs is 2. The highest BCUT2D eigenvalue weighted by Gasteiger charge is 2.36. The molecule has 8 heteroatoms. The first kappa shape index (κ1) is 24.8. The van der Waals surface area contributed by atoms with Crippen molar-refractivity contribution >= 4 is 33.0 Å². The van der Waals surface area contributed by atoms with Crippen LogP contribution in [0.3, 0.4) is 0 Å². The topological polar surface area (TPSA) is 99.7 Å². The van der Waals surface area contributed by atoms with E-state index in [1.165, 1.54) is 37.5 Å². The van der Waals surface area contributed by atoms with E-state index >= 15 is 0 Å². The van der Waals surface area contributed by atoms with Crippen LogP contribution in [0.5, 0.6) is 5.75 Å². The maximum absolute atomic E-state index is 13.9. The van der Waals surface area contributed by atoms with Crippen LogP contribution in [0.4, 0.5) is 0 Å². The molecule has 5 rings (SSSR count). The van der Waals surface area contributed by atoms with Crippen LogP contribution in [0.25, 0.3) is 17.0 Å². The second-order valence-corrected chi connectivity index (χ2v) is 11.0. The molecule has 7 nitrogen and oxygen atoms in total. The number of hydrogen-bond donors (Lipinski definition) is 2. The maximum atomic E-state index is 13.9. The molecular formula is C29H28N2O5S. The lowest BCUT2D eigenvalue weighted by atomic mass is 10.0. The van der Waals surface area contributed by atoms with Crippen LogP contribution >= 0.6 is 0 Å². The molecule has 0 radical (unpaired) electrons. The number of carbonyl (C=O) groups is 1. The first-order valence-electron chi connectivity index (χ1n) is 12.1. The van der Waals surface area contributed by atoms with Crippen molar-refractivity contribution in [2.45, 2.75) is 30.2 Å². The Hall–Kier alpha value is -3.88. The molecule has 0 saturated carbocycles. The minimum atomic E-state index is -3.85. The number of H-pyrrole nitrogens is 1. The van der Waals surface area contributed by atoms with Crippen LogP contribution in [-0.2, 0) is 32.4 Å². The van der Waals surface area contributed by atoms with Crippen molar-refractivity contribution in [3.63, 3.8) is 0 Å². The standard InChI is InChI=1S/C29H28N2O5S/c1-36-29(33)15-7-20-6-13-26-21(18-20)8-14-28(26)31(37(34,35)24-11-9-23(32)10-12-24)17-16-22-19-30-27-5-3-2-4-25(22)27/h2-7,9-13,15,18-19,28,30,32H,8,14,16-17H2,1H3. The van der Waals surface area contributed by atoms with Gasteiger partial charge >= 0.3 is 5.97 Å². The van der Waals surface area contributed by atoms with Crippen LogP contribution in [0.1, 0.15) is 34.7 Å². The zero-order chi connectivity index (χ0) is 26.0. The number of aromatic hydroxyl groups is 1. The predicted molar refractivity (Wildman–Crippen MR) is 143 cm³/mol. The molecule has 0 aliphatic heterocycles. The zero-order valence-corrected chi connectivity index (χ0v) is 21.2. The highest BCUT2D eigenvalue weighted by atomic mass is 32.2. The van der Waals surface area contributed by atoms with Crippen molar-refractivity contribution in [1.29, 1.82) is 0 Å². The third kappa shape index (κ3) is 5.03. The monoisotopic (exact) mass is 516 g/mol. The van der Waals surface area contributed by atoms with Gasteiger partial charge in [-0.25, -0.2) is 13.2 Å². The Labute approximate surface area is 216 Å². The molecule has 1 aliphatic carbocycles. The van der Waals surface area contributed by atoms with Gasteiger partial charge in [0.05, 0.1) is 18.0 Å². The number of nitrogens with zero attached hydrogens (tertiary/aromatic N) is 1. The minimum absolute atomic E-state index is 0.0167. The van der Waals surface area contributed by atoms with Gasteiger partial charge in [0.25, 0.3) is 0 Å². The Morgan fingerprint density at radius 1 is 1.14 bits per heavy atom. The number of aromatic nitrogens is 1. The molecule has 0 amide bonds. The molecule has 2 N–H and O–H groups in total. The third-order valence-corrected chi connectivity index (χ3v) is 8.82. The van der Waals surface area contributed by atoms with Crippen molar-refractivity contribution in [1.82, 2.24) is 9.29 Å². The van der Waals surface area contributed by atoms with Gasteiger partial charge in [-0.3, -0.25) is 0 Å². The van der Waals surface area contributed by atoms with Crippen LogP contribution < -0.4 is 0 Å². The summed E-state index contributed by atoms with van der Waals surface area (Å²) in [6, 6.07) is 19.2. The fraction of sp³-hybridized carbons (Fsp3) is 0.207. The molecular weight excluding hydrogens is 488 g/mol. The van der Waals surface area contributed by atoms with Gasteiger partial charge in [-0.05, 0) is 77.9 Å². The van der Waals surface area contributed by atoms with E-state index in [0.717, 1.165) is 39.6 Å². The molecule has 3 aromatic carbocycles. The first-order valence-corrected chi connectivity index (χ1v) is 13.6. The number of aryl methyl sites for hydroxylation is 1. The average molecular weight is 517 g/mol. The molecule has 1 unspecified atom stereocenters. The summed E-state index contributed by atoms with van der Waals surface area (Å²) in [7, 11) is -2.52. The van der Waals surface area contributed by atoms with Gasteiger partial charge in [0.15, 0.2) is 0 Å². The number of aromatic amines is 1. The highest BCUT2D eigenvalue weighted by molar-refractivity contribution is 7.89. The van der Waals surface area contributed by atoms with Crippen molar-refractivity contribution in [2.24, 2.45) is 0 Å². The zero-order valence-electron chi connectivity index (χ0n) is 20.4. The minimum Gasteiger partial charge on any atom is -0.508 e. The summed E-state index contributed by atoms with van der Waals surface area (Å²) in [6.45, 7) is 0.305. The number of ether oxygens (including phenoxy) is 1. The van der Waals surface area contributed by atoms with Gasteiger partial charge in [0.1, 0.15) is 5.75 Å².